The van der Waals surface area contributed by atoms with Crippen molar-refractivity contribution >= 4 is 16.9 Å². The lowest BCUT2D eigenvalue weighted by atomic mass is 10.00. The zero-order valence-electron chi connectivity index (χ0n) is 19.3. The number of amides is 1. The Labute approximate surface area is 183 Å². The van der Waals surface area contributed by atoms with Gasteiger partial charge in [0.1, 0.15) is 6.10 Å². The van der Waals surface area contributed by atoms with Crippen molar-refractivity contribution in [3.8, 4) is 0 Å². The largest absolute Gasteiger partial charge is 0.446 e. The molecule has 0 saturated heterocycles. The lowest BCUT2D eigenvalue weighted by Crippen LogP contribution is -2.31. The Kier molecular flexibility index (Phi) is 11.4. The van der Waals surface area contributed by atoms with Crippen molar-refractivity contribution in [1.29, 1.82) is 0 Å². The molecule has 0 aromatic heterocycles. The molecule has 0 saturated carbocycles. The third kappa shape index (κ3) is 8.38. The van der Waals surface area contributed by atoms with E-state index in [9.17, 15) is 4.79 Å². The monoisotopic (exact) mass is 411 g/mol. The number of unbranched alkanes of at least 4 members (excludes halogenated alkanes) is 7. The Morgan fingerprint density at radius 2 is 1.50 bits per heavy atom. The summed E-state index contributed by atoms with van der Waals surface area (Å²) in [4.78, 5) is 12.6. The Hall–Kier alpha value is -2.03. The third-order valence-corrected chi connectivity index (χ3v) is 5.89. The average Bonchev–Trinajstić information content (AvgIpc) is 2.75. The minimum absolute atomic E-state index is 0.0230. The van der Waals surface area contributed by atoms with Gasteiger partial charge in [-0.1, -0.05) is 108 Å². The van der Waals surface area contributed by atoms with Crippen LogP contribution in [0.3, 0.4) is 0 Å². The summed E-state index contributed by atoms with van der Waals surface area (Å²) < 4.78 is 5.80. The summed E-state index contributed by atoms with van der Waals surface area (Å²) >= 11 is 0. The Balaban J connectivity index is 1.77. The molecule has 3 heteroatoms. The van der Waals surface area contributed by atoms with E-state index in [4.69, 9.17) is 4.74 Å². The van der Waals surface area contributed by atoms with E-state index >= 15 is 0 Å². The van der Waals surface area contributed by atoms with Crippen LogP contribution in [0.2, 0.25) is 0 Å². The maximum Gasteiger partial charge on any atom is 0.407 e. The second-order valence-corrected chi connectivity index (χ2v) is 8.51. The molecule has 166 valence electrons. The molecule has 0 spiro atoms. The van der Waals surface area contributed by atoms with Crippen molar-refractivity contribution in [2.24, 2.45) is 0 Å². The van der Waals surface area contributed by atoms with Gasteiger partial charge in [-0.15, -0.1) is 0 Å². The second kappa shape index (κ2) is 14.1. The molecular weight excluding hydrogens is 370 g/mol. The van der Waals surface area contributed by atoms with Gasteiger partial charge in [0.25, 0.3) is 0 Å². The van der Waals surface area contributed by atoms with E-state index in [1.807, 2.05) is 25.1 Å². The molecule has 0 aliphatic carbocycles. The molecule has 2 aromatic rings. The first kappa shape index (κ1) is 24.2. The molecule has 2 atom stereocenters. The van der Waals surface area contributed by atoms with Crippen molar-refractivity contribution in [3.63, 3.8) is 0 Å². The van der Waals surface area contributed by atoms with Crippen LogP contribution < -0.4 is 5.32 Å². The number of ether oxygens (including phenoxy) is 1. The van der Waals surface area contributed by atoms with E-state index in [0.29, 0.717) is 0 Å². The number of alkyl carbamates (subject to hydrolysis) is 1. The normalized spacial score (nSPS) is 13.2. The SMILES string of the molecule is CCCCCCCCCCC(CCC)OC(=O)NC(C)c1cccc2ccccc12. The highest BCUT2D eigenvalue weighted by Gasteiger charge is 2.17. The molecular formula is C27H41NO2. The molecule has 2 rings (SSSR count). The van der Waals surface area contributed by atoms with Gasteiger partial charge in [0.2, 0.25) is 0 Å². The molecule has 0 bridgehead atoms. The number of nitrogens with one attached hydrogen (secondary N) is 1. The van der Waals surface area contributed by atoms with Gasteiger partial charge in [-0.25, -0.2) is 4.79 Å². The van der Waals surface area contributed by atoms with Gasteiger partial charge in [-0.2, -0.15) is 0 Å². The highest BCUT2D eigenvalue weighted by Crippen LogP contribution is 2.24. The fraction of sp³-hybridized carbons (Fsp3) is 0.593. The predicted octanol–water partition coefficient (Wildman–Crippen LogP) is 8.33. The zero-order valence-corrected chi connectivity index (χ0v) is 19.3. The van der Waals surface area contributed by atoms with Crippen molar-refractivity contribution in [1.82, 2.24) is 5.32 Å². The van der Waals surface area contributed by atoms with Gasteiger partial charge in [-0.05, 0) is 42.5 Å². The molecule has 30 heavy (non-hydrogen) atoms. The number of fused-ring (bicyclic) bond motifs is 1. The van der Waals surface area contributed by atoms with E-state index in [0.717, 1.165) is 31.2 Å². The Morgan fingerprint density at radius 3 is 2.23 bits per heavy atom. The van der Waals surface area contributed by atoms with Crippen LogP contribution in [0.25, 0.3) is 10.8 Å². The average molecular weight is 412 g/mol. The van der Waals surface area contributed by atoms with E-state index in [2.05, 4.69) is 43.4 Å². The molecule has 1 N–H and O–H groups in total. The maximum atomic E-state index is 12.6. The number of hydrogen-bond donors (Lipinski definition) is 1. The van der Waals surface area contributed by atoms with Crippen LogP contribution in [0.5, 0.6) is 0 Å². The highest BCUT2D eigenvalue weighted by molar-refractivity contribution is 5.86. The summed E-state index contributed by atoms with van der Waals surface area (Å²) in [5.74, 6) is 0. The maximum absolute atomic E-state index is 12.6. The molecule has 0 fully saturated rings. The first-order valence-electron chi connectivity index (χ1n) is 12.1. The smallest absolute Gasteiger partial charge is 0.407 e. The van der Waals surface area contributed by atoms with Gasteiger partial charge in [-0.3, -0.25) is 0 Å². The van der Waals surface area contributed by atoms with E-state index in [-0.39, 0.29) is 18.2 Å². The summed E-state index contributed by atoms with van der Waals surface area (Å²) in [6.07, 6.45) is 13.1. The van der Waals surface area contributed by atoms with E-state index < -0.39 is 0 Å². The number of carbonyl (C=O) groups is 1. The van der Waals surface area contributed by atoms with Gasteiger partial charge in [0.15, 0.2) is 0 Å². The number of benzene rings is 2. The van der Waals surface area contributed by atoms with Crippen molar-refractivity contribution < 1.29 is 9.53 Å². The lowest BCUT2D eigenvalue weighted by molar-refractivity contribution is 0.0831. The first-order valence-corrected chi connectivity index (χ1v) is 12.1. The van der Waals surface area contributed by atoms with E-state index in [1.165, 1.54) is 55.7 Å². The molecule has 2 unspecified atom stereocenters. The van der Waals surface area contributed by atoms with Crippen molar-refractivity contribution in [2.45, 2.75) is 104 Å². The minimum atomic E-state index is -0.298. The van der Waals surface area contributed by atoms with Gasteiger partial charge >= 0.3 is 6.09 Å². The Morgan fingerprint density at radius 1 is 0.833 bits per heavy atom. The number of carbonyl (C=O) groups excluding carboxylic acids is 1. The number of rotatable bonds is 14. The van der Waals surface area contributed by atoms with Crippen LogP contribution >= 0.6 is 0 Å². The topological polar surface area (TPSA) is 38.3 Å². The molecule has 0 aliphatic rings. The fourth-order valence-electron chi connectivity index (χ4n) is 4.16. The highest BCUT2D eigenvalue weighted by atomic mass is 16.6. The van der Waals surface area contributed by atoms with Gasteiger partial charge in [0, 0.05) is 0 Å². The molecule has 0 aliphatic heterocycles. The van der Waals surface area contributed by atoms with Crippen LogP contribution in [0.15, 0.2) is 42.5 Å². The lowest BCUT2D eigenvalue weighted by Gasteiger charge is -2.21. The van der Waals surface area contributed by atoms with Gasteiger partial charge < -0.3 is 10.1 Å². The van der Waals surface area contributed by atoms with Crippen LogP contribution in [-0.2, 0) is 4.74 Å². The molecule has 1 amide bonds. The molecule has 0 radical (unpaired) electrons. The van der Waals surface area contributed by atoms with Crippen LogP contribution in [0.4, 0.5) is 4.79 Å². The molecule has 0 heterocycles. The van der Waals surface area contributed by atoms with Crippen LogP contribution in [0, 0.1) is 0 Å². The van der Waals surface area contributed by atoms with Crippen molar-refractivity contribution in [3.05, 3.63) is 48.0 Å². The van der Waals surface area contributed by atoms with Crippen molar-refractivity contribution in [2.75, 3.05) is 0 Å². The summed E-state index contributed by atoms with van der Waals surface area (Å²) in [7, 11) is 0. The quantitative estimate of drug-likeness (QED) is 0.317. The molecule has 3 nitrogen and oxygen atoms in total. The number of hydrogen-bond acceptors (Lipinski definition) is 2. The predicted molar refractivity (Wildman–Crippen MR) is 128 cm³/mol. The summed E-state index contributed by atoms with van der Waals surface area (Å²) in [6.45, 7) is 6.43. The standard InChI is InChI=1S/C27H41NO2/c1-4-6-7-8-9-10-11-12-19-24(16-5-2)30-27(29)28-22(3)25-21-15-18-23-17-13-14-20-26(23)25/h13-15,17-18,20-22,24H,4-12,16,19H2,1-3H3,(H,28,29). The third-order valence-electron chi connectivity index (χ3n) is 5.89. The zero-order chi connectivity index (χ0) is 21.6. The van der Waals surface area contributed by atoms with Gasteiger partial charge in [0.05, 0.1) is 6.04 Å². The first-order chi connectivity index (χ1) is 14.7. The summed E-state index contributed by atoms with van der Waals surface area (Å²) in [5.41, 5.74) is 1.13. The Bertz CT molecular complexity index is 737. The van der Waals surface area contributed by atoms with E-state index in [1.54, 1.807) is 0 Å². The fourth-order valence-corrected chi connectivity index (χ4v) is 4.16. The van der Waals surface area contributed by atoms with Crippen LogP contribution in [-0.4, -0.2) is 12.2 Å². The second-order valence-electron chi connectivity index (χ2n) is 8.51. The molecule has 2 aromatic carbocycles. The minimum Gasteiger partial charge on any atom is -0.446 e. The summed E-state index contributed by atoms with van der Waals surface area (Å²) in [5, 5.41) is 5.41. The summed E-state index contributed by atoms with van der Waals surface area (Å²) in [6, 6.07) is 14.4. The van der Waals surface area contributed by atoms with Crippen LogP contribution in [0.1, 0.15) is 103 Å².